The summed E-state index contributed by atoms with van der Waals surface area (Å²) >= 11 is 0. The number of hydrogen-bond donors (Lipinski definition) is 2. The van der Waals surface area contributed by atoms with Gasteiger partial charge in [0.1, 0.15) is 5.75 Å². The van der Waals surface area contributed by atoms with E-state index < -0.39 is 0 Å². The van der Waals surface area contributed by atoms with Crippen LogP contribution in [0.15, 0.2) is 29.3 Å². The van der Waals surface area contributed by atoms with Crippen molar-refractivity contribution in [1.29, 1.82) is 0 Å². The first-order chi connectivity index (χ1) is 10.9. The number of rotatable bonds is 8. The molecule has 0 saturated heterocycles. The highest BCUT2D eigenvalue weighted by Crippen LogP contribution is 2.14. The Kier molecular flexibility index (Phi) is 11.8. The number of guanidine groups is 1. The molecule has 0 atom stereocenters. The van der Waals surface area contributed by atoms with Crippen LogP contribution in [0.1, 0.15) is 39.7 Å². The molecule has 0 fully saturated rings. The van der Waals surface area contributed by atoms with Gasteiger partial charge in [0, 0.05) is 32.2 Å². The first kappa shape index (κ1) is 23.0. The lowest BCUT2D eigenvalue weighted by molar-refractivity contribution is 0.172. The third-order valence-corrected chi connectivity index (χ3v) is 2.92. The van der Waals surface area contributed by atoms with Crippen LogP contribution in [-0.4, -0.2) is 38.4 Å². The summed E-state index contributed by atoms with van der Waals surface area (Å²) in [4.78, 5) is 4.64. The topological polar surface area (TPSA) is 54.9 Å². The van der Waals surface area contributed by atoms with Crippen LogP contribution in [0.25, 0.3) is 0 Å². The van der Waals surface area contributed by atoms with Crippen LogP contribution in [0.4, 0.5) is 0 Å². The summed E-state index contributed by atoms with van der Waals surface area (Å²) in [6.07, 6.45) is 0.888. The van der Waals surface area contributed by atoms with E-state index in [2.05, 4.69) is 49.4 Å². The molecule has 1 aromatic rings. The van der Waals surface area contributed by atoms with Gasteiger partial charge in [-0.05, 0) is 45.4 Å². The Hall–Kier alpha value is -1.02. The monoisotopic (exact) mass is 449 g/mol. The number of hydrogen-bond acceptors (Lipinski definition) is 3. The molecule has 0 aliphatic heterocycles. The van der Waals surface area contributed by atoms with E-state index in [0.29, 0.717) is 19.8 Å². The highest BCUT2D eigenvalue weighted by atomic mass is 127. The maximum atomic E-state index is 5.72. The van der Waals surface area contributed by atoms with Gasteiger partial charge >= 0.3 is 0 Å². The number of methoxy groups -OCH3 is 1. The van der Waals surface area contributed by atoms with Crippen molar-refractivity contribution in [3.8, 4) is 5.75 Å². The lowest BCUT2D eigenvalue weighted by Gasteiger charge is -2.23. The van der Waals surface area contributed by atoms with Crippen molar-refractivity contribution in [1.82, 2.24) is 10.6 Å². The zero-order valence-electron chi connectivity index (χ0n) is 15.5. The summed E-state index contributed by atoms with van der Waals surface area (Å²) < 4.78 is 10.7. The molecule has 2 N–H and O–H groups in total. The van der Waals surface area contributed by atoms with Gasteiger partial charge < -0.3 is 20.1 Å². The van der Waals surface area contributed by atoms with Gasteiger partial charge in [-0.3, -0.25) is 0 Å². The molecule has 0 saturated carbocycles. The van der Waals surface area contributed by atoms with Gasteiger partial charge in [0.05, 0.1) is 13.2 Å². The minimum Gasteiger partial charge on any atom is -0.493 e. The number of benzene rings is 1. The predicted octanol–water partition coefficient (Wildman–Crippen LogP) is 3.57. The Balaban J connectivity index is 0.00000529. The van der Waals surface area contributed by atoms with Gasteiger partial charge in [-0.15, -0.1) is 24.0 Å². The third-order valence-electron chi connectivity index (χ3n) is 2.92. The Bertz CT molecular complexity index is 487. The summed E-state index contributed by atoms with van der Waals surface area (Å²) in [6.45, 7) is 11.2. The number of nitrogens with one attached hydrogen (secondary N) is 2. The van der Waals surface area contributed by atoms with Crippen LogP contribution >= 0.6 is 24.0 Å². The van der Waals surface area contributed by atoms with Crippen LogP contribution in [-0.2, 0) is 11.3 Å². The fraction of sp³-hybridized carbons (Fsp3) is 0.611. The predicted molar refractivity (Wildman–Crippen MR) is 112 cm³/mol. The Morgan fingerprint density at radius 2 is 1.96 bits per heavy atom. The smallest absolute Gasteiger partial charge is 0.191 e. The minimum absolute atomic E-state index is 0. The second-order valence-electron chi connectivity index (χ2n) is 6.41. The standard InChI is InChI=1S/C18H31N3O2.HI/c1-6-19-17(21-18(2,3)4)20-14-15-9-7-10-16(13-15)23-12-8-11-22-5;/h7,9-10,13H,6,8,11-12,14H2,1-5H3,(H2,19,20,21);1H. The van der Waals surface area contributed by atoms with Crippen molar-refractivity contribution >= 4 is 29.9 Å². The SMILES string of the molecule is CCNC(=NCc1cccc(OCCCOC)c1)NC(C)(C)C.I. The van der Waals surface area contributed by atoms with E-state index in [0.717, 1.165) is 30.2 Å². The van der Waals surface area contributed by atoms with Crippen LogP contribution in [0.2, 0.25) is 0 Å². The summed E-state index contributed by atoms with van der Waals surface area (Å²) in [5.41, 5.74) is 1.10. The quantitative estimate of drug-likeness (QED) is 0.276. The first-order valence-electron chi connectivity index (χ1n) is 8.22. The molecule has 0 aliphatic rings. The van der Waals surface area contributed by atoms with Gasteiger partial charge in [-0.1, -0.05) is 12.1 Å². The number of nitrogens with zero attached hydrogens (tertiary/aromatic N) is 1. The van der Waals surface area contributed by atoms with Gasteiger partial charge in [-0.2, -0.15) is 0 Å². The average Bonchev–Trinajstić information content (AvgIpc) is 2.49. The van der Waals surface area contributed by atoms with Crippen molar-refractivity contribution in [2.75, 3.05) is 26.9 Å². The molecule has 0 unspecified atom stereocenters. The molecule has 0 bridgehead atoms. The molecular weight excluding hydrogens is 417 g/mol. The Morgan fingerprint density at radius 1 is 1.21 bits per heavy atom. The van der Waals surface area contributed by atoms with E-state index >= 15 is 0 Å². The lowest BCUT2D eigenvalue weighted by Crippen LogP contribution is -2.47. The van der Waals surface area contributed by atoms with Crippen LogP contribution in [0.5, 0.6) is 5.75 Å². The van der Waals surface area contributed by atoms with Gasteiger partial charge in [0.25, 0.3) is 0 Å². The lowest BCUT2D eigenvalue weighted by atomic mass is 10.1. The normalized spacial score (nSPS) is 11.6. The first-order valence-corrected chi connectivity index (χ1v) is 8.22. The molecular formula is C18H32IN3O2. The summed E-state index contributed by atoms with van der Waals surface area (Å²) in [5, 5.41) is 6.65. The van der Waals surface area contributed by atoms with Crippen LogP contribution < -0.4 is 15.4 Å². The summed E-state index contributed by atoms with van der Waals surface area (Å²) in [5.74, 6) is 1.70. The maximum absolute atomic E-state index is 5.72. The average molecular weight is 449 g/mol. The molecule has 24 heavy (non-hydrogen) atoms. The number of ether oxygens (including phenoxy) is 2. The Morgan fingerprint density at radius 3 is 2.58 bits per heavy atom. The van der Waals surface area contributed by atoms with E-state index in [-0.39, 0.29) is 29.5 Å². The van der Waals surface area contributed by atoms with E-state index in [1.807, 2.05) is 18.2 Å². The third kappa shape index (κ3) is 10.7. The van der Waals surface area contributed by atoms with Gasteiger partial charge in [0.2, 0.25) is 0 Å². The molecule has 0 aromatic heterocycles. The molecule has 5 nitrogen and oxygen atoms in total. The summed E-state index contributed by atoms with van der Waals surface area (Å²) in [6, 6.07) is 8.07. The minimum atomic E-state index is -0.0205. The highest BCUT2D eigenvalue weighted by molar-refractivity contribution is 14.0. The fourth-order valence-electron chi connectivity index (χ4n) is 1.96. The molecule has 138 valence electrons. The van der Waals surface area contributed by atoms with Gasteiger partial charge in [0.15, 0.2) is 5.96 Å². The second kappa shape index (κ2) is 12.4. The number of aliphatic imine (C=N–C) groups is 1. The van der Waals surface area contributed by atoms with E-state index in [1.165, 1.54) is 0 Å². The van der Waals surface area contributed by atoms with E-state index in [1.54, 1.807) is 7.11 Å². The van der Waals surface area contributed by atoms with Crippen molar-refractivity contribution < 1.29 is 9.47 Å². The molecule has 1 aromatic carbocycles. The molecule has 6 heteroatoms. The molecule has 0 spiro atoms. The van der Waals surface area contributed by atoms with Crippen molar-refractivity contribution in [3.05, 3.63) is 29.8 Å². The zero-order valence-corrected chi connectivity index (χ0v) is 17.8. The van der Waals surface area contributed by atoms with E-state index in [9.17, 15) is 0 Å². The van der Waals surface area contributed by atoms with Crippen molar-refractivity contribution in [2.24, 2.45) is 4.99 Å². The largest absolute Gasteiger partial charge is 0.493 e. The molecule has 1 rings (SSSR count). The maximum Gasteiger partial charge on any atom is 0.191 e. The molecule has 0 aliphatic carbocycles. The second-order valence-corrected chi connectivity index (χ2v) is 6.41. The fourth-order valence-corrected chi connectivity index (χ4v) is 1.96. The molecule has 0 amide bonds. The van der Waals surface area contributed by atoms with Crippen molar-refractivity contribution in [2.45, 2.75) is 46.2 Å². The van der Waals surface area contributed by atoms with Crippen molar-refractivity contribution in [3.63, 3.8) is 0 Å². The zero-order chi connectivity index (χ0) is 17.1. The molecule has 0 radical (unpaired) electrons. The van der Waals surface area contributed by atoms with Gasteiger partial charge in [-0.25, -0.2) is 4.99 Å². The summed E-state index contributed by atoms with van der Waals surface area (Å²) in [7, 11) is 1.70. The van der Waals surface area contributed by atoms with Crippen LogP contribution in [0.3, 0.4) is 0 Å². The Labute approximate surface area is 163 Å². The van der Waals surface area contributed by atoms with E-state index in [4.69, 9.17) is 9.47 Å². The van der Waals surface area contributed by atoms with Crippen LogP contribution in [0, 0.1) is 0 Å². The highest BCUT2D eigenvalue weighted by Gasteiger charge is 2.11. The number of halogens is 1. The molecule has 0 heterocycles.